The molecular weight excluding hydrogens is 229 g/mol. The molecule has 0 fully saturated rings. The minimum absolute atomic E-state index is 0.294. The highest BCUT2D eigenvalue weighted by molar-refractivity contribution is 6.16. The van der Waals surface area contributed by atoms with Crippen LogP contribution < -0.4 is 0 Å². The van der Waals surface area contributed by atoms with Gasteiger partial charge < -0.3 is 4.79 Å². The van der Waals surface area contributed by atoms with E-state index in [1.54, 1.807) is 12.1 Å². The molecule has 1 heterocycles. The van der Waals surface area contributed by atoms with Crippen molar-refractivity contribution >= 4 is 17.7 Å². The number of rotatable bonds is 2. The lowest BCUT2D eigenvalue weighted by atomic mass is 9.93. The summed E-state index contributed by atoms with van der Waals surface area (Å²) in [5.74, 6) is -0.649. The molecule has 0 N–H and O–H groups in total. The van der Waals surface area contributed by atoms with Gasteiger partial charge in [-0.05, 0) is 29.3 Å². The topological polar surface area (TPSA) is 29.4 Å². The van der Waals surface area contributed by atoms with Crippen molar-refractivity contribution in [2.24, 2.45) is 4.99 Å². The van der Waals surface area contributed by atoms with Gasteiger partial charge in [0.2, 0.25) is 0 Å². The molecule has 0 radical (unpaired) electrons. The van der Waals surface area contributed by atoms with Crippen LogP contribution in [0.25, 0.3) is 0 Å². The average molecular weight is 239 g/mol. The van der Waals surface area contributed by atoms with Crippen LogP contribution in [0, 0.1) is 5.82 Å². The van der Waals surface area contributed by atoms with E-state index in [4.69, 9.17) is 0 Å². The molecular formula is C15H10FNO. The maximum atomic E-state index is 12.9. The fraction of sp³-hybridized carbons (Fsp3) is 0.0667. The Balaban J connectivity index is 2.09. The van der Waals surface area contributed by atoms with E-state index in [1.807, 2.05) is 24.3 Å². The van der Waals surface area contributed by atoms with Crippen LogP contribution in [0.15, 0.2) is 53.5 Å². The molecule has 0 saturated heterocycles. The number of hydrogen-bond donors (Lipinski definition) is 0. The number of nitrogens with zero attached hydrogens (tertiary/aromatic N) is 1. The summed E-state index contributed by atoms with van der Waals surface area (Å²) in [6.45, 7) is 0. The summed E-state index contributed by atoms with van der Waals surface area (Å²) in [5, 5.41) is 0. The Morgan fingerprint density at radius 1 is 1.06 bits per heavy atom. The maximum Gasteiger partial charge on any atom is 0.133 e. The van der Waals surface area contributed by atoms with E-state index in [9.17, 15) is 9.18 Å². The largest absolute Gasteiger partial charge is 0.302 e. The van der Waals surface area contributed by atoms with Gasteiger partial charge in [0, 0.05) is 0 Å². The molecule has 0 amide bonds. The third-order valence-electron chi connectivity index (χ3n) is 3.08. The smallest absolute Gasteiger partial charge is 0.133 e. The minimum atomic E-state index is -0.355. The number of para-hydroxylation sites is 1. The van der Waals surface area contributed by atoms with Crippen LogP contribution in [0.5, 0.6) is 0 Å². The minimum Gasteiger partial charge on any atom is -0.302 e. The normalized spacial score (nSPS) is 17.2. The van der Waals surface area contributed by atoms with Crippen LogP contribution >= 0.6 is 0 Å². The predicted octanol–water partition coefficient (Wildman–Crippen LogP) is 3.24. The van der Waals surface area contributed by atoms with Gasteiger partial charge in [-0.1, -0.05) is 30.3 Å². The van der Waals surface area contributed by atoms with Gasteiger partial charge in [-0.15, -0.1) is 0 Å². The number of halogens is 1. The summed E-state index contributed by atoms with van der Waals surface area (Å²) in [7, 11) is 0. The summed E-state index contributed by atoms with van der Waals surface area (Å²) in [6.07, 6.45) is 0.883. The molecule has 1 unspecified atom stereocenters. The average Bonchev–Trinajstić information content (AvgIpc) is 2.78. The van der Waals surface area contributed by atoms with Gasteiger partial charge in [-0.25, -0.2) is 4.39 Å². The summed E-state index contributed by atoms with van der Waals surface area (Å²) < 4.78 is 12.9. The lowest BCUT2D eigenvalue weighted by molar-refractivity contribution is -0.107. The van der Waals surface area contributed by atoms with Crippen LogP contribution in [-0.2, 0) is 4.79 Å². The van der Waals surface area contributed by atoms with Crippen molar-refractivity contribution in [3.8, 4) is 0 Å². The molecule has 0 saturated carbocycles. The second-order valence-corrected chi connectivity index (χ2v) is 4.18. The van der Waals surface area contributed by atoms with E-state index < -0.39 is 0 Å². The first-order valence-electron chi connectivity index (χ1n) is 5.68. The molecule has 2 nitrogen and oxygen atoms in total. The van der Waals surface area contributed by atoms with Gasteiger partial charge >= 0.3 is 0 Å². The van der Waals surface area contributed by atoms with Gasteiger partial charge in [-0.3, -0.25) is 4.99 Å². The van der Waals surface area contributed by atoms with Crippen molar-refractivity contribution < 1.29 is 9.18 Å². The predicted molar refractivity (Wildman–Crippen MR) is 67.8 cm³/mol. The van der Waals surface area contributed by atoms with Crippen molar-refractivity contribution in [2.75, 3.05) is 0 Å². The first kappa shape index (κ1) is 10.8. The Morgan fingerprint density at radius 2 is 1.78 bits per heavy atom. The molecule has 1 aliphatic rings. The van der Waals surface area contributed by atoms with E-state index in [0.717, 1.165) is 23.1 Å². The van der Waals surface area contributed by atoms with Gasteiger partial charge in [0.1, 0.15) is 12.1 Å². The number of benzene rings is 2. The Bertz CT molecular complexity index is 631. The maximum absolute atomic E-state index is 12.9. The molecule has 2 aromatic carbocycles. The number of carbonyl (C=O) groups is 1. The Hall–Kier alpha value is -2.29. The molecule has 88 valence electrons. The zero-order chi connectivity index (χ0) is 12.5. The summed E-state index contributed by atoms with van der Waals surface area (Å²) in [6, 6.07) is 13.6. The van der Waals surface area contributed by atoms with Crippen molar-refractivity contribution in [1.82, 2.24) is 0 Å². The second kappa shape index (κ2) is 4.18. The number of carbonyl (C=O) groups excluding carboxylic acids is 1. The molecule has 0 spiro atoms. The number of aliphatic imine (C=N–C) groups is 1. The van der Waals surface area contributed by atoms with Gasteiger partial charge in [0.25, 0.3) is 0 Å². The zero-order valence-electron chi connectivity index (χ0n) is 9.51. The van der Waals surface area contributed by atoms with E-state index in [1.165, 1.54) is 12.1 Å². The first-order valence-corrected chi connectivity index (χ1v) is 5.68. The monoisotopic (exact) mass is 239 g/mol. The molecule has 3 heteroatoms. The van der Waals surface area contributed by atoms with Crippen molar-refractivity contribution in [3.05, 3.63) is 65.5 Å². The fourth-order valence-electron chi connectivity index (χ4n) is 2.20. The highest BCUT2D eigenvalue weighted by Gasteiger charge is 2.27. The quantitative estimate of drug-likeness (QED) is 0.740. The highest BCUT2D eigenvalue weighted by Crippen LogP contribution is 2.36. The molecule has 0 aromatic heterocycles. The van der Waals surface area contributed by atoms with Gasteiger partial charge in [0.15, 0.2) is 0 Å². The summed E-state index contributed by atoms with van der Waals surface area (Å²) in [5.41, 5.74) is 3.19. The Kier molecular flexibility index (Phi) is 2.52. The zero-order valence-corrected chi connectivity index (χ0v) is 9.51. The highest BCUT2D eigenvalue weighted by atomic mass is 19.1. The lowest BCUT2D eigenvalue weighted by Gasteiger charge is -2.07. The third kappa shape index (κ3) is 1.64. The number of fused-ring (bicyclic) bond motifs is 1. The van der Waals surface area contributed by atoms with Crippen molar-refractivity contribution in [1.29, 1.82) is 0 Å². The van der Waals surface area contributed by atoms with Gasteiger partial charge in [-0.2, -0.15) is 0 Å². The molecule has 0 aliphatic carbocycles. The molecule has 0 bridgehead atoms. The van der Waals surface area contributed by atoms with Crippen molar-refractivity contribution in [3.63, 3.8) is 0 Å². The number of hydrogen-bond acceptors (Lipinski definition) is 2. The molecule has 3 rings (SSSR count). The lowest BCUT2D eigenvalue weighted by Crippen LogP contribution is -2.11. The van der Waals surface area contributed by atoms with E-state index in [-0.39, 0.29) is 11.7 Å². The Labute approximate surface area is 104 Å². The second-order valence-electron chi connectivity index (χ2n) is 4.18. The van der Waals surface area contributed by atoms with Crippen molar-refractivity contribution in [2.45, 2.75) is 5.92 Å². The Morgan fingerprint density at radius 3 is 2.50 bits per heavy atom. The first-order chi connectivity index (χ1) is 8.79. The van der Waals surface area contributed by atoms with E-state index in [2.05, 4.69) is 4.99 Å². The van der Waals surface area contributed by atoms with E-state index in [0.29, 0.717) is 5.71 Å². The van der Waals surface area contributed by atoms with Crippen LogP contribution in [0.1, 0.15) is 17.0 Å². The summed E-state index contributed by atoms with van der Waals surface area (Å²) in [4.78, 5) is 15.7. The van der Waals surface area contributed by atoms with Gasteiger partial charge in [0.05, 0.1) is 17.3 Å². The fourth-order valence-corrected chi connectivity index (χ4v) is 2.20. The molecule has 1 aliphatic heterocycles. The van der Waals surface area contributed by atoms with Crippen LogP contribution in [-0.4, -0.2) is 12.0 Å². The SMILES string of the molecule is O=CC1C(c2ccc(F)cc2)=Nc2ccccc21. The summed E-state index contributed by atoms with van der Waals surface area (Å²) >= 11 is 0. The third-order valence-corrected chi connectivity index (χ3v) is 3.08. The van der Waals surface area contributed by atoms with Crippen LogP contribution in [0.4, 0.5) is 10.1 Å². The molecule has 2 aromatic rings. The van der Waals surface area contributed by atoms with Crippen LogP contribution in [0.2, 0.25) is 0 Å². The number of aldehydes is 1. The van der Waals surface area contributed by atoms with Crippen LogP contribution in [0.3, 0.4) is 0 Å². The molecule has 1 atom stereocenters. The molecule has 18 heavy (non-hydrogen) atoms. The van der Waals surface area contributed by atoms with E-state index >= 15 is 0 Å². The standard InChI is InChI=1S/C15H10FNO/c16-11-7-5-10(6-8-11)15-13(9-18)12-3-1-2-4-14(12)17-15/h1-9,13H.